The molecule has 0 spiro atoms. The van der Waals surface area contributed by atoms with E-state index in [1.807, 2.05) is 13.8 Å². The van der Waals surface area contributed by atoms with Gasteiger partial charge in [0.2, 0.25) is 0 Å². The van der Waals surface area contributed by atoms with E-state index < -0.39 is 23.8 Å². The van der Waals surface area contributed by atoms with Gasteiger partial charge in [0.25, 0.3) is 0 Å². The van der Waals surface area contributed by atoms with Crippen molar-refractivity contribution in [3.63, 3.8) is 0 Å². The van der Waals surface area contributed by atoms with Crippen molar-refractivity contribution in [1.82, 2.24) is 0 Å². The van der Waals surface area contributed by atoms with Crippen molar-refractivity contribution in [3.05, 3.63) is 35.4 Å². The zero-order valence-electron chi connectivity index (χ0n) is 10.6. The summed E-state index contributed by atoms with van der Waals surface area (Å²) in [7, 11) is 0. The van der Waals surface area contributed by atoms with Crippen molar-refractivity contribution in [2.75, 3.05) is 0 Å². The molecule has 104 valence electrons. The van der Waals surface area contributed by atoms with Crippen LogP contribution >= 0.6 is 12.4 Å². The predicted octanol–water partition coefficient (Wildman–Crippen LogP) is 3.18. The molecule has 0 heterocycles. The van der Waals surface area contributed by atoms with E-state index in [0.29, 0.717) is 12.3 Å². The Hall–Kier alpha value is -0.710. The molecule has 1 rings (SSSR count). The highest BCUT2D eigenvalue weighted by Gasteiger charge is 2.21. The second-order valence-electron chi connectivity index (χ2n) is 4.71. The maximum absolute atomic E-state index is 13.4. The van der Waals surface area contributed by atoms with E-state index >= 15 is 0 Å². The minimum atomic E-state index is -0.969. The van der Waals surface area contributed by atoms with Crippen LogP contribution in [0.1, 0.15) is 38.3 Å². The van der Waals surface area contributed by atoms with Crippen molar-refractivity contribution in [2.45, 2.75) is 38.8 Å². The van der Waals surface area contributed by atoms with E-state index in [1.165, 1.54) is 12.1 Å². The summed E-state index contributed by atoms with van der Waals surface area (Å²) in [5.74, 6) is -1.47. The van der Waals surface area contributed by atoms with Crippen LogP contribution in [0.3, 0.4) is 0 Å². The minimum absolute atomic E-state index is 0. The molecule has 0 fully saturated rings. The van der Waals surface area contributed by atoms with Gasteiger partial charge in [-0.1, -0.05) is 26.0 Å². The summed E-state index contributed by atoms with van der Waals surface area (Å²) in [4.78, 5) is 0. The monoisotopic (exact) mass is 279 g/mol. The number of nitrogens with two attached hydrogens (primary N) is 1. The summed E-state index contributed by atoms with van der Waals surface area (Å²) in [6.07, 6.45) is 0.425. The Balaban J connectivity index is 0.00000289. The number of aliphatic hydroxyl groups excluding tert-OH is 1. The molecule has 3 N–H and O–H groups in total. The van der Waals surface area contributed by atoms with Crippen molar-refractivity contribution < 1.29 is 13.9 Å². The molecular formula is C13H20ClF2NO. The summed E-state index contributed by atoms with van der Waals surface area (Å²) < 4.78 is 26.4. The average Bonchev–Trinajstić information content (AvgIpc) is 2.28. The first-order valence-corrected chi connectivity index (χ1v) is 5.81. The number of hydrogen-bond donors (Lipinski definition) is 2. The number of halogens is 3. The van der Waals surface area contributed by atoms with Crippen LogP contribution in [0.15, 0.2) is 18.2 Å². The molecule has 0 amide bonds. The lowest BCUT2D eigenvalue weighted by Crippen LogP contribution is -2.27. The molecule has 0 aliphatic carbocycles. The SMILES string of the molecule is CC(C)CC[C@H](O)[C@H](N)c1cccc(F)c1F.Cl. The molecule has 0 saturated heterocycles. The van der Waals surface area contributed by atoms with Gasteiger partial charge in [-0.25, -0.2) is 8.78 Å². The highest BCUT2D eigenvalue weighted by Crippen LogP contribution is 2.23. The second kappa shape index (κ2) is 7.67. The predicted molar refractivity (Wildman–Crippen MR) is 70.6 cm³/mol. The molecule has 0 aromatic heterocycles. The topological polar surface area (TPSA) is 46.2 Å². The Morgan fingerprint density at radius 2 is 1.83 bits per heavy atom. The van der Waals surface area contributed by atoms with Crippen molar-refractivity contribution >= 4 is 12.4 Å². The Labute approximate surface area is 113 Å². The van der Waals surface area contributed by atoms with Crippen LogP contribution in [0.4, 0.5) is 8.78 Å². The molecule has 1 aromatic rings. The van der Waals surface area contributed by atoms with Gasteiger partial charge in [-0.05, 0) is 24.8 Å². The third kappa shape index (κ3) is 4.52. The summed E-state index contributed by atoms with van der Waals surface area (Å²) >= 11 is 0. The van der Waals surface area contributed by atoms with Crippen LogP contribution in [0.2, 0.25) is 0 Å². The molecule has 5 heteroatoms. The molecule has 0 radical (unpaired) electrons. The highest BCUT2D eigenvalue weighted by molar-refractivity contribution is 5.85. The Bertz CT molecular complexity index is 374. The van der Waals surface area contributed by atoms with Gasteiger partial charge in [-0.15, -0.1) is 12.4 Å². The van der Waals surface area contributed by atoms with Crippen molar-refractivity contribution in [2.24, 2.45) is 11.7 Å². The molecule has 2 atom stereocenters. The van der Waals surface area contributed by atoms with Crippen LogP contribution in [0.25, 0.3) is 0 Å². The smallest absolute Gasteiger partial charge is 0.163 e. The second-order valence-corrected chi connectivity index (χ2v) is 4.71. The third-order valence-electron chi connectivity index (χ3n) is 2.79. The fraction of sp³-hybridized carbons (Fsp3) is 0.538. The van der Waals surface area contributed by atoms with E-state index in [4.69, 9.17) is 5.73 Å². The Morgan fingerprint density at radius 1 is 1.22 bits per heavy atom. The molecule has 0 bridgehead atoms. The summed E-state index contributed by atoms with van der Waals surface area (Å²) in [5, 5.41) is 9.82. The maximum Gasteiger partial charge on any atom is 0.163 e. The van der Waals surface area contributed by atoms with Crippen molar-refractivity contribution in [1.29, 1.82) is 0 Å². The van der Waals surface area contributed by atoms with E-state index in [9.17, 15) is 13.9 Å². The first kappa shape index (κ1) is 17.3. The Morgan fingerprint density at radius 3 is 2.39 bits per heavy atom. The molecule has 2 nitrogen and oxygen atoms in total. The Kier molecular flexibility index (Phi) is 7.36. The molecule has 1 aromatic carbocycles. The van der Waals surface area contributed by atoms with Crippen LogP contribution in [0, 0.1) is 17.6 Å². The fourth-order valence-corrected chi connectivity index (χ4v) is 1.67. The average molecular weight is 280 g/mol. The standard InChI is InChI=1S/C13H19F2NO.ClH/c1-8(2)6-7-11(17)13(16)9-4-3-5-10(14)12(9)15;/h3-5,8,11,13,17H,6-7,16H2,1-2H3;1H/t11-,13+;/m0./s1. The summed E-state index contributed by atoms with van der Waals surface area (Å²) in [6, 6.07) is 2.95. The van der Waals surface area contributed by atoms with E-state index in [2.05, 4.69) is 0 Å². The van der Waals surface area contributed by atoms with Crippen LogP contribution in [-0.2, 0) is 0 Å². The van der Waals surface area contributed by atoms with Gasteiger partial charge in [-0.3, -0.25) is 0 Å². The van der Waals surface area contributed by atoms with Gasteiger partial charge in [0, 0.05) is 5.56 Å². The van der Waals surface area contributed by atoms with Gasteiger partial charge in [-0.2, -0.15) is 0 Å². The molecule has 0 unspecified atom stereocenters. The summed E-state index contributed by atoms with van der Waals surface area (Å²) in [6.45, 7) is 4.06. The van der Waals surface area contributed by atoms with Gasteiger partial charge in [0.15, 0.2) is 11.6 Å². The van der Waals surface area contributed by atoms with Crippen LogP contribution in [-0.4, -0.2) is 11.2 Å². The first-order valence-electron chi connectivity index (χ1n) is 5.81. The third-order valence-corrected chi connectivity index (χ3v) is 2.79. The van der Waals surface area contributed by atoms with E-state index in [-0.39, 0.29) is 18.0 Å². The van der Waals surface area contributed by atoms with Crippen LogP contribution in [0.5, 0.6) is 0 Å². The highest BCUT2D eigenvalue weighted by atomic mass is 35.5. The largest absolute Gasteiger partial charge is 0.391 e. The van der Waals surface area contributed by atoms with E-state index in [1.54, 1.807) is 0 Å². The summed E-state index contributed by atoms with van der Waals surface area (Å²) in [5.41, 5.74) is 5.77. The quantitative estimate of drug-likeness (QED) is 0.869. The van der Waals surface area contributed by atoms with E-state index in [0.717, 1.165) is 12.5 Å². The lowest BCUT2D eigenvalue weighted by Gasteiger charge is -2.20. The molecule has 0 aliphatic heterocycles. The number of rotatable bonds is 5. The first-order chi connectivity index (χ1) is 7.93. The van der Waals surface area contributed by atoms with Gasteiger partial charge in [0.05, 0.1) is 12.1 Å². The number of aliphatic hydroxyl groups is 1. The molecule has 0 aliphatic rings. The zero-order chi connectivity index (χ0) is 13.0. The van der Waals surface area contributed by atoms with Crippen molar-refractivity contribution in [3.8, 4) is 0 Å². The number of benzene rings is 1. The molecule has 0 saturated carbocycles. The minimum Gasteiger partial charge on any atom is -0.391 e. The fourth-order valence-electron chi connectivity index (χ4n) is 1.67. The molecular weight excluding hydrogens is 260 g/mol. The van der Waals surface area contributed by atoms with Gasteiger partial charge < -0.3 is 10.8 Å². The molecule has 18 heavy (non-hydrogen) atoms. The van der Waals surface area contributed by atoms with Gasteiger partial charge >= 0.3 is 0 Å². The normalized spacial score (nSPS) is 14.2. The maximum atomic E-state index is 13.4. The van der Waals surface area contributed by atoms with Crippen LogP contribution < -0.4 is 5.73 Å². The lowest BCUT2D eigenvalue weighted by atomic mass is 9.95. The number of hydrogen-bond acceptors (Lipinski definition) is 2. The van der Waals surface area contributed by atoms with Gasteiger partial charge in [0.1, 0.15) is 0 Å². The lowest BCUT2D eigenvalue weighted by molar-refractivity contribution is 0.126. The zero-order valence-corrected chi connectivity index (χ0v) is 11.4.